The number of rotatable bonds is 8. The maximum Gasteiger partial charge on any atom is 0.251 e. The Labute approximate surface area is 176 Å². The van der Waals surface area contributed by atoms with Crippen LogP contribution in [0.2, 0.25) is 0 Å². The van der Waals surface area contributed by atoms with E-state index in [-0.39, 0.29) is 11.5 Å². The monoisotopic (exact) mass is 405 g/mol. The molecule has 3 rings (SSSR count). The Morgan fingerprint density at radius 2 is 2.00 bits per heavy atom. The summed E-state index contributed by atoms with van der Waals surface area (Å²) in [5.41, 5.74) is 3.15. The van der Waals surface area contributed by atoms with E-state index < -0.39 is 0 Å². The molecule has 7 nitrogen and oxygen atoms in total. The minimum atomic E-state index is -0.167. The minimum Gasteiger partial charge on any atom is -0.366 e. The minimum absolute atomic E-state index is 0.0196. The van der Waals surface area contributed by atoms with Crippen LogP contribution in [0.5, 0.6) is 0 Å². The van der Waals surface area contributed by atoms with Gasteiger partial charge in [-0.2, -0.15) is 0 Å². The van der Waals surface area contributed by atoms with E-state index in [0.717, 1.165) is 22.5 Å². The van der Waals surface area contributed by atoms with Crippen molar-refractivity contribution >= 4 is 17.4 Å². The molecule has 0 atom stereocenters. The van der Waals surface area contributed by atoms with Crippen molar-refractivity contribution < 1.29 is 4.79 Å². The molecular formula is C23H27N5O2. The van der Waals surface area contributed by atoms with E-state index >= 15 is 0 Å². The summed E-state index contributed by atoms with van der Waals surface area (Å²) in [6.45, 7) is 6.57. The number of H-pyrrole nitrogens is 1. The van der Waals surface area contributed by atoms with E-state index in [2.05, 4.69) is 25.6 Å². The highest BCUT2D eigenvalue weighted by atomic mass is 16.1. The zero-order chi connectivity index (χ0) is 21.5. The van der Waals surface area contributed by atoms with Gasteiger partial charge in [0, 0.05) is 42.2 Å². The van der Waals surface area contributed by atoms with E-state index in [4.69, 9.17) is 0 Å². The van der Waals surface area contributed by atoms with E-state index in [1.54, 1.807) is 6.20 Å². The zero-order valence-electron chi connectivity index (χ0n) is 17.5. The first kappa shape index (κ1) is 21.2. The van der Waals surface area contributed by atoms with Crippen LogP contribution in [0, 0.1) is 5.92 Å². The van der Waals surface area contributed by atoms with Gasteiger partial charge in [0.15, 0.2) is 0 Å². The molecule has 0 spiro atoms. The van der Waals surface area contributed by atoms with Gasteiger partial charge < -0.3 is 15.6 Å². The van der Waals surface area contributed by atoms with Crippen LogP contribution in [0.1, 0.15) is 38.4 Å². The van der Waals surface area contributed by atoms with Crippen molar-refractivity contribution in [1.82, 2.24) is 15.0 Å². The van der Waals surface area contributed by atoms with Crippen LogP contribution < -0.4 is 16.2 Å². The van der Waals surface area contributed by atoms with Gasteiger partial charge in [-0.15, -0.1) is 0 Å². The van der Waals surface area contributed by atoms with Gasteiger partial charge in [-0.25, -0.2) is 9.97 Å². The summed E-state index contributed by atoms with van der Waals surface area (Å²) in [6, 6.07) is 13.0. The molecule has 2 heterocycles. The van der Waals surface area contributed by atoms with E-state index in [1.807, 2.05) is 57.2 Å². The number of pyridine rings is 1. The third kappa shape index (κ3) is 6.01. The molecule has 1 aromatic carbocycles. The summed E-state index contributed by atoms with van der Waals surface area (Å²) < 4.78 is 0. The Balaban J connectivity index is 1.63. The number of aryl methyl sites for hydroxylation is 1. The van der Waals surface area contributed by atoms with Crippen molar-refractivity contribution in [3.8, 4) is 11.4 Å². The Hall–Kier alpha value is -3.48. The molecule has 3 aromatic rings. The van der Waals surface area contributed by atoms with Gasteiger partial charge in [0.05, 0.1) is 0 Å². The second-order valence-corrected chi connectivity index (χ2v) is 7.57. The smallest absolute Gasteiger partial charge is 0.251 e. The molecule has 0 aliphatic carbocycles. The first-order valence-corrected chi connectivity index (χ1v) is 10.1. The molecule has 2 aromatic heterocycles. The summed E-state index contributed by atoms with van der Waals surface area (Å²) in [6.07, 6.45) is 2.88. The number of anilines is 2. The van der Waals surface area contributed by atoms with E-state index in [9.17, 15) is 9.59 Å². The highest BCUT2D eigenvalue weighted by molar-refractivity contribution is 5.90. The number of nitrogens with zero attached hydrogens (tertiary/aromatic N) is 2. The van der Waals surface area contributed by atoms with Crippen molar-refractivity contribution in [2.75, 3.05) is 10.6 Å². The Bertz CT molecular complexity index is 1060. The number of carbonyl (C=O) groups is 1. The molecule has 0 saturated heterocycles. The van der Waals surface area contributed by atoms with Gasteiger partial charge in [-0.05, 0) is 42.2 Å². The lowest BCUT2D eigenvalue weighted by Gasteiger charge is -2.10. The Kier molecular flexibility index (Phi) is 6.95. The van der Waals surface area contributed by atoms with Crippen LogP contribution in [-0.2, 0) is 17.8 Å². The zero-order valence-corrected chi connectivity index (χ0v) is 17.5. The van der Waals surface area contributed by atoms with Gasteiger partial charge in [-0.3, -0.25) is 9.59 Å². The van der Waals surface area contributed by atoms with Crippen LogP contribution in [0.15, 0.2) is 53.5 Å². The van der Waals surface area contributed by atoms with Crippen molar-refractivity contribution in [3.63, 3.8) is 0 Å². The normalized spacial score (nSPS) is 10.8. The summed E-state index contributed by atoms with van der Waals surface area (Å²) in [5.74, 6) is 1.57. The maximum absolute atomic E-state index is 12.0. The first-order chi connectivity index (χ1) is 14.4. The molecule has 0 saturated carbocycles. The van der Waals surface area contributed by atoms with E-state index in [1.165, 1.54) is 6.07 Å². The fourth-order valence-electron chi connectivity index (χ4n) is 3.00. The fraction of sp³-hybridized carbons (Fsp3) is 0.304. The average molecular weight is 406 g/mol. The first-order valence-electron chi connectivity index (χ1n) is 10.1. The summed E-state index contributed by atoms with van der Waals surface area (Å²) in [7, 11) is 0. The maximum atomic E-state index is 12.0. The highest BCUT2D eigenvalue weighted by Gasteiger charge is 2.07. The molecule has 7 heteroatoms. The van der Waals surface area contributed by atoms with Crippen molar-refractivity contribution in [2.24, 2.45) is 5.92 Å². The van der Waals surface area contributed by atoms with Crippen LogP contribution >= 0.6 is 0 Å². The second kappa shape index (κ2) is 9.82. The molecule has 0 bridgehead atoms. The van der Waals surface area contributed by atoms with Crippen LogP contribution in [-0.4, -0.2) is 20.9 Å². The van der Waals surface area contributed by atoms with E-state index in [0.29, 0.717) is 36.9 Å². The van der Waals surface area contributed by atoms with Gasteiger partial charge >= 0.3 is 0 Å². The largest absolute Gasteiger partial charge is 0.366 e. The number of aromatic amines is 1. The molecule has 3 N–H and O–H groups in total. The van der Waals surface area contributed by atoms with Crippen LogP contribution in [0.4, 0.5) is 11.5 Å². The number of hydrogen-bond donors (Lipinski definition) is 3. The van der Waals surface area contributed by atoms with Crippen molar-refractivity contribution in [3.05, 3.63) is 70.3 Å². The summed E-state index contributed by atoms with van der Waals surface area (Å²) in [4.78, 5) is 35.3. The van der Waals surface area contributed by atoms with Gasteiger partial charge in [0.2, 0.25) is 5.91 Å². The third-order valence-electron chi connectivity index (χ3n) is 4.47. The molecule has 156 valence electrons. The Morgan fingerprint density at radius 3 is 2.70 bits per heavy atom. The average Bonchev–Trinajstić information content (AvgIpc) is 2.72. The fourth-order valence-corrected chi connectivity index (χ4v) is 3.00. The molecule has 0 unspecified atom stereocenters. The summed E-state index contributed by atoms with van der Waals surface area (Å²) >= 11 is 0. The summed E-state index contributed by atoms with van der Waals surface area (Å²) in [5, 5.41) is 6.20. The SMILES string of the molecule is CCc1cc(=O)[nH]c(-c2ccc(NCc3cccc(NC(=O)CC(C)C)c3)nc2)n1. The van der Waals surface area contributed by atoms with Crippen molar-refractivity contribution in [1.29, 1.82) is 0 Å². The number of aromatic nitrogens is 3. The molecule has 0 aliphatic rings. The number of amides is 1. The van der Waals surface area contributed by atoms with Gasteiger partial charge in [0.25, 0.3) is 5.56 Å². The predicted molar refractivity (Wildman–Crippen MR) is 119 cm³/mol. The van der Waals surface area contributed by atoms with Crippen molar-refractivity contribution in [2.45, 2.75) is 40.2 Å². The quantitative estimate of drug-likeness (QED) is 0.526. The lowest BCUT2D eigenvalue weighted by atomic mass is 10.1. The molecule has 1 amide bonds. The lowest BCUT2D eigenvalue weighted by molar-refractivity contribution is -0.116. The number of carbonyl (C=O) groups excluding carboxylic acids is 1. The lowest BCUT2D eigenvalue weighted by Crippen LogP contribution is -2.14. The molecule has 0 radical (unpaired) electrons. The molecule has 0 aliphatic heterocycles. The second-order valence-electron chi connectivity index (χ2n) is 7.57. The van der Waals surface area contributed by atoms with Crippen LogP contribution in [0.25, 0.3) is 11.4 Å². The standard InChI is InChI=1S/C23H27N5O2/c1-4-18-12-22(30)28-23(27-18)17-8-9-20(25-14-17)24-13-16-6-5-7-19(11-16)26-21(29)10-15(2)3/h5-9,11-12,14-15H,4,10,13H2,1-3H3,(H,24,25)(H,26,29)(H,27,28,30). The number of benzene rings is 1. The van der Waals surface area contributed by atoms with Gasteiger partial charge in [-0.1, -0.05) is 32.9 Å². The molecular weight excluding hydrogens is 378 g/mol. The third-order valence-corrected chi connectivity index (χ3v) is 4.47. The number of hydrogen-bond acceptors (Lipinski definition) is 5. The van der Waals surface area contributed by atoms with Crippen LogP contribution in [0.3, 0.4) is 0 Å². The molecule has 30 heavy (non-hydrogen) atoms. The number of nitrogens with one attached hydrogen (secondary N) is 3. The predicted octanol–water partition coefficient (Wildman–Crippen LogP) is 3.99. The highest BCUT2D eigenvalue weighted by Crippen LogP contribution is 2.17. The topological polar surface area (TPSA) is 99.8 Å². The Morgan fingerprint density at radius 1 is 1.17 bits per heavy atom. The van der Waals surface area contributed by atoms with Gasteiger partial charge in [0.1, 0.15) is 11.6 Å². The molecule has 0 fully saturated rings.